The van der Waals surface area contributed by atoms with Crippen LogP contribution in [0.1, 0.15) is 181 Å². The van der Waals surface area contributed by atoms with Crippen molar-refractivity contribution >= 4 is 19.8 Å². The molecule has 13 nitrogen and oxygen atoms in total. The van der Waals surface area contributed by atoms with Crippen LogP contribution in [0.25, 0.3) is 0 Å². The molecular formula is C45H81O13P. The van der Waals surface area contributed by atoms with Gasteiger partial charge < -0.3 is 39.9 Å². The number of aliphatic hydroxyl groups excluding tert-OH is 5. The normalized spacial score (nSPS) is 22.6. The Balaban J connectivity index is 2.47. The van der Waals surface area contributed by atoms with Crippen molar-refractivity contribution in [2.45, 2.75) is 224 Å². The smallest absolute Gasteiger partial charge is 0.462 e. The SMILES string of the molecule is CCC=CCC=CCC=CCCCCCCCC(=O)OC[C@H](COP(=O)(O)OC1C(O)C(O)C(O)[C@@H](O)C1O)OC(=O)CCCCCCCCCCCCCCCCC. The number of rotatable bonds is 37. The van der Waals surface area contributed by atoms with Gasteiger partial charge in [0, 0.05) is 12.8 Å². The molecule has 0 aromatic rings. The number of hydrogen-bond donors (Lipinski definition) is 6. The first-order valence-corrected chi connectivity index (χ1v) is 24.3. The van der Waals surface area contributed by atoms with Gasteiger partial charge in [0.05, 0.1) is 6.61 Å². The van der Waals surface area contributed by atoms with Gasteiger partial charge in [0.15, 0.2) is 6.10 Å². The summed E-state index contributed by atoms with van der Waals surface area (Å²) in [7, 11) is -5.12. The third-order valence-corrected chi connectivity index (χ3v) is 11.5. The number of esters is 2. The molecule has 6 unspecified atom stereocenters. The molecule has 1 aliphatic carbocycles. The molecule has 344 valence electrons. The van der Waals surface area contributed by atoms with E-state index in [1.807, 2.05) is 0 Å². The lowest BCUT2D eigenvalue weighted by Gasteiger charge is -2.41. The molecule has 0 heterocycles. The molecule has 0 aromatic heterocycles. The lowest BCUT2D eigenvalue weighted by Crippen LogP contribution is -2.64. The van der Waals surface area contributed by atoms with Crippen LogP contribution >= 0.6 is 7.82 Å². The van der Waals surface area contributed by atoms with Crippen LogP contribution in [0.3, 0.4) is 0 Å². The van der Waals surface area contributed by atoms with Crippen LogP contribution in [-0.4, -0.2) is 98.3 Å². The van der Waals surface area contributed by atoms with E-state index in [0.29, 0.717) is 12.8 Å². The van der Waals surface area contributed by atoms with Gasteiger partial charge in [-0.05, 0) is 44.9 Å². The molecule has 0 radical (unpaired) electrons. The van der Waals surface area contributed by atoms with Gasteiger partial charge in [0.1, 0.15) is 43.2 Å². The molecule has 59 heavy (non-hydrogen) atoms. The number of aliphatic hydroxyl groups is 5. The summed E-state index contributed by atoms with van der Waals surface area (Å²) in [5.74, 6) is -1.12. The molecule has 1 rings (SSSR count). The number of carbonyl (C=O) groups is 2. The number of allylic oxidation sites excluding steroid dienone is 6. The highest BCUT2D eigenvalue weighted by Crippen LogP contribution is 2.47. The highest BCUT2D eigenvalue weighted by molar-refractivity contribution is 7.47. The molecule has 1 saturated carbocycles. The van der Waals surface area contributed by atoms with Gasteiger partial charge in [0.2, 0.25) is 0 Å². The Hall–Kier alpha value is -1.93. The fraction of sp³-hybridized carbons (Fsp3) is 0.822. The first kappa shape index (κ1) is 55.1. The topological polar surface area (TPSA) is 210 Å². The summed E-state index contributed by atoms with van der Waals surface area (Å²) < 4.78 is 33.5. The molecule has 0 aromatic carbocycles. The van der Waals surface area contributed by atoms with Gasteiger partial charge in [-0.2, -0.15) is 0 Å². The van der Waals surface area contributed by atoms with E-state index in [0.717, 1.165) is 77.0 Å². The molecule has 0 bridgehead atoms. The van der Waals surface area contributed by atoms with Crippen molar-refractivity contribution in [3.63, 3.8) is 0 Å². The van der Waals surface area contributed by atoms with E-state index >= 15 is 0 Å². The number of hydrogen-bond acceptors (Lipinski definition) is 12. The van der Waals surface area contributed by atoms with Crippen molar-refractivity contribution in [3.8, 4) is 0 Å². The van der Waals surface area contributed by atoms with Gasteiger partial charge in [-0.3, -0.25) is 18.6 Å². The standard InChI is InChI=1S/C45H81O13P/c1-3-5-7-9-11-13-15-17-19-21-23-25-27-29-31-33-38(46)55-35-37(36-56-59(53,54)58-45-43(51)41(49)40(48)42(50)44(45)52)57-39(47)34-32-30-28-26-24-22-20-18-16-14-12-10-8-6-4-2/h5,7,11,13,17,19,37,40-45,48-52H,3-4,6,8-10,12,14-16,18,20-36H2,1-2H3,(H,53,54)/t37-,40?,41-,42?,43?,44?,45?/m1/s1. The third kappa shape index (κ3) is 28.3. The fourth-order valence-corrected chi connectivity index (χ4v) is 7.80. The maximum absolute atomic E-state index is 12.8. The van der Waals surface area contributed by atoms with Gasteiger partial charge in [0.25, 0.3) is 0 Å². The van der Waals surface area contributed by atoms with E-state index in [4.69, 9.17) is 18.5 Å². The average Bonchev–Trinajstić information content (AvgIpc) is 3.21. The summed E-state index contributed by atoms with van der Waals surface area (Å²) >= 11 is 0. The minimum Gasteiger partial charge on any atom is -0.462 e. The molecule has 6 N–H and O–H groups in total. The van der Waals surface area contributed by atoms with E-state index in [1.165, 1.54) is 64.2 Å². The van der Waals surface area contributed by atoms with Gasteiger partial charge in [-0.15, -0.1) is 0 Å². The highest BCUT2D eigenvalue weighted by atomic mass is 31.2. The minimum atomic E-state index is -5.12. The largest absolute Gasteiger partial charge is 0.472 e. The number of phosphoric ester groups is 1. The van der Waals surface area contributed by atoms with E-state index in [2.05, 4.69) is 50.3 Å². The van der Waals surface area contributed by atoms with E-state index < -0.39 is 75.7 Å². The van der Waals surface area contributed by atoms with Gasteiger partial charge in [-0.1, -0.05) is 159 Å². The summed E-state index contributed by atoms with van der Waals surface area (Å²) in [5.41, 5.74) is 0. The Morgan fingerprint density at radius 3 is 1.47 bits per heavy atom. The number of unbranched alkanes of at least 4 members (excludes halogenated alkanes) is 19. The molecule has 0 spiro atoms. The number of phosphoric acid groups is 1. The summed E-state index contributed by atoms with van der Waals surface area (Å²) in [5, 5.41) is 50.1. The monoisotopic (exact) mass is 861 g/mol. The zero-order chi connectivity index (χ0) is 43.6. The molecule has 1 aliphatic rings. The highest BCUT2D eigenvalue weighted by Gasteiger charge is 2.51. The summed E-state index contributed by atoms with van der Waals surface area (Å²) in [6.07, 6.45) is 26.3. The molecule has 0 aliphatic heterocycles. The van der Waals surface area contributed by atoms with Gasteiger partial charge in [-0.25, -0.2) is 4.57 Å². The second-order valence-corrected chi connectivity index (χ2v) is 17.3. The summed E-state index contributed by atoms with van der Waals surface area (Å²) in [6.45, 7) is 3.17. The molecule has 0 saturated heterocycles. The first-order valence-electron chi connectivity index (χ1n) is 22.8. The van der Waals surface area contributed by atoms with Crippen molar-refractivity contribution in [2.24, 2.45) is 0 Å². The quantitative estimate of drug-likeness (QED) is 0.0150. The zero-order valence-corrected chi connectivity index (χ0v) is 37.2. The molecule has 1 fully saturated rings. The van der Waals surface area contributed by atoms with E-state index in [1.54, 1.807) is 0 Å². The Morgan fingerprint density at radius 1 is 0.542 bits per heavy atom. The van der Waals surface area contributed by atoms with E-state index in [9.17, 15) is 44.6 Å². The molecule has 14 heteroatoms. The predicted octanol–water partition coefficient (Wildman–Crippen LogP) is 8.61. The number of carbonyl (C=O) groups excluding carboxylic acids is 2. The molecular weight excluding hydrogens is 779 g/mol. The second-order valence-electron chi connectivity index (χ2n) is 15.9. The minimum absolute atomic E-state index is 0.0956. The maximum Gasteiger partial charge on any atom is 0.472 e. The van der Waals surface area contributed by atoms with E-state index in [-0.39, 0.29) is 12.8 Å². The summed E-state index contributed by atoms with van der Waals surface area (Å²) in [6, 6.07) is 0. The van der Waals surface area contributed by atoms with Crippen LogP contribution in [0.15, 0.2) is 36.5 Å². The second kappa shape index (κ2) is 35.6. The Kier molecular flexibility index (Phi) is 33.3. The lowest BCUT2D eigenvalue weighted by atomic mass is 9.85. The Bertz CT molecular complexity index is 1180. The van der Waals surface area contributed by atoms with Crippen LogP contribution in [0.5, 0.6) is 0 Å². The summed E-state index contributed by atoms with van der Waals surface area (Å²) in [4.78, 5) is 35.7. The Labute approximate surface area is 355 Å². The molecule has 0 amide bonds. The number of ether oxygens (including phenoxy) is 2. The van der Waals surface area contributed by atoms with Crippen LogP contribution < -0.4 is 0 Å². The molecule has 8 atom stereocenters. The van der Waals surface area contributed by atoms with Crippen molar-refractivity contribution in [2.75, 3.05) is 13.2 Å². The maximum atomic E-state index is 12.8. The van der Waals surface area contributed by atoms with Crippen molar-refractivity contribution in [1.29, 1.82) is 0 Å². The van der Waals surface area contributed by atoms with Crippen molar-refractivity contribution < 1.29 is 63.1 Å². The third-order valence-electron chi connectivity index (χ3n) is 10.5. The van der Waals surface area contributed by atoms with Crippen LogP contribution in [-0.2, 0) is 32.7 Å². The Morgan fingerprint density at radius 2 is 0.966 bits per heavy atom. The van der Waals surface area contributed by atoms with Crippen LogP contribution in [0.2, 0.25) is 0 Å². The van der Waals surface area contributed by atoms with Crippen molar-refractivity contribution in [1.82, 2.24) is 0 Å². The lowest BCUT2D eigenvalue weighted by molar-refractivity contribution is -0.220. The first-order chi connectivity index (χ1) is 28.4. The zero-order valence-electron chi connectivity index (χ0n) is 36.3. The average molecular weight is 861 g/mol. The van der Waals surface area contributed by atoms with Gasteiger partial charge >= 0.3 is 19.8 Å². The van der Waals surface area contributed by atoms with Crippen molar-refractivity contribution in [3.05, 3.63) is 36.5 Å². The fourth-order valence-electron chi connectivity index (χ4n) is 6.83. The van der Waals surface area contributed by atoms with Crippen LogP contribution in [0, 0.1) is 0 Å². The predicted molar refractivity (Wildman–Crippen MR) is 230 cm³/mol. The van der Waals surface area contributed by atoms with Crippen LogP contribution in [0.4, 0.5) is 0 Å².